The maximum absolute atomic E-state index is 12.6. The first-order chi connectivity index (χ1) is 14.6. The summed E-state index contributed by atoms with van der Waals surface area (Å²) < 4.78 is 16.0. The predicted octanol–water partition coefficient (Wildman–Crippen LogP) is 4.59. The van der Waals surface area contributed by atoms with Gasteiger partial charge in [-0.2, -0.15) is 4.98 Å². The Labute approximate surface area is 175 Å². The van der Waals surface area contributed by atoms with Crippen LogP contribution in [0.25, 0.3) is 11.4 Å². The average Bonchev–Trinajstić information content (AvgIpc) is 3.45. The van der Waals surface area contributed by atoms with Crippen molar-refractivity contribution in [3.8, 4) is 22.9 Å². The van der Waals surface area contributed by atoms with Gasteiger partial charge in [-0.05, 0) is 42.7 Å². The Morgan fingerprint density at radius 2 is 1.83 bits per heavy atom. The van der Waals surface area contributed by atoms with Crippen LogP contribution >= 0.6 is 0 Å². The van der Waals surface area contributed by atoms with Gasteiger partial charge in [0.15, 0.2) is 0 Å². The molecular formula is C23H25N3O4. The van der Waals surface area contributed by atoms with Crippen LogP contribution in [-0.2, 0) is 11.2 Å². The third-order valence-corrected chi connectivity index (χ3v) is 5.33. The summed E-state index contributed by atoms with van der Waals surface area (Å²) in [5.41, 5.74) is 2.29. The molecule has 1 saturated carbocycles. The smallest absolute Gasteiger partial charge is 0.230 e. The molecule has 4 rings (SSSR count). The summed E-state index contributed by atoms with van der Waals surface area (Å²) in [4.78, 5) is 17.1. The second-order valence-electron chi connectivity index (χ2n) is 7.46. The second-order valence-corrected chi connectivity index (χ2v) is 7.46. The van der Waals surface area contributed by atoms with Crippen LogP contribution in [0.4, 0.5) is 5.69 Å². The van der Waals surface area contributed by atoms with E-state index in [4.69, 9.17) is 14.0 Å². The van der Waals surface area contributed by atoms with Crippen molar-refractivity contribution in [1.82, 2.24) is 10.1 Å². The van der Waals surface area contributed by atoms with Gasteiger partial charge in [-0.1, -0.05) is 30.1 Å². The number of amides is 1. The minimum absolute atomic E-state index is 0.137. The molecule has 30 heavy (non-hydrogen) atoms. The number of carbonyl (C=O) groups excluding carboxylic acids is 1. The second kappa shape index (κ2) is 8.98. The van der Waals surface area contributed by atoms with Gasteiger partial charge in [0.1, 0.15) is 11.5 Å². The van der Waals surface area contributed by atoms with Crippen LogP contribution < -0.4 is 14.8 Å². The Morgan fingerprint density at radius 3 is 2.53 bits per heavy atom. The molecule has 3 aromatic rings. The third kappa shape index (κ3) is 4.62. The molecule has 7 nitrogen and oxygen atoms in total. The van der Waals surface area contributed by atoms with Crippen molar-refractivity contribution in [3.05, 3.63) is 53.9 Å². The minimum Gasteiger partial charge on any atom is -0.497 e. The normalized spacial score (nSPS) is 13.9. The Bertz CT molecular complexity index is 1000. The highest BCUT2D eigenvalue weighted by Gasteiger charge is 2.23. The van der Waals surface area contributed by atoms with Crippen molar-refractivity contribution >= 4 is 11.6 Å². The molecular weight excluding hydrogens is 382 g/mol. The average molecular weight is 407 g/mol. The summed E-state index contributed by atoms with van der Waals surface area (Å²) in [6.45, 7) is 0. The van der Waals surface area contributed by atoms with Crippen molar-refractivity contribution in [2.24, 2.45) is 0 Å². The number of methoxy groups -OCH3 is 2. The van der Waals surface area contributed by atoms with E-state index < -0.39 is 0 Å². The number of ether oxygens (including phenoxy) is 2. The molecule has 7 heteroatoms. The van der Waals surface area contributed by atoms with E-state index in [1.807, 2.05) is 36.4 Å². The topological polar surface area (TPSA) is 86.5 Å². The van der Waals surface area contributed by atoms with E-state index in [0.29, 0.717) is 34.8 Å². The maximum atomic E-state index is 12.6. The zero-order valence-corrected chi connectivity index (χ0v) is 17.2. The number of benzene rings is 2. The van der Waals surface area contributed by atoms with Crippen LogP contribution in [0.2, 0.25) is 0 Å². The molecule has 1 N–H and O–H groups in total. The molecule has 0 bridgehead atoms. The van der Waals surface area contributed by atoms with Crippen LogP contribution in [0.15, 0.2) is 47.0 Å². The lowest BCUT2D eigenvalue weighted by Crippen LogP contribution is -2.14. The number of hydrogen-bond donors (Lipinski definition) is 1. The standard InChI is InChI=1S/C23H25N3O4/c1-28-19-10-15(11-20(14-19)29-2)12-21(27)24-18-9-5-8-17(13-18)22-25-23(30-26-22)16-6-3-4-7-16/h5,8-11,13-14,16H,3-4,6-7,12H2,1-2H3,(H,24,27). The fourth-order valence-corrected chi connectivity index (χ4v) is 3.79. The summed E-state index contributed by atoms with van der Waals surface area (Å²) in [6, 6.07) is 12.9. The van der Waals surface area contributed by atoms with Crippen molar-refractivity contribution in [2.45, 2.75) is 38.0 Å². The van der Waals surface area contributed by atoms with Crippen LogP contribution in [-0.4, -0.2) is 30.3 Å². The van der Waals surface area contributed by atoms with Gasteiger partial charge in [0, 0.05) is 23.2 Å². The minimum atomic E-state index is -0.137. The molecule has 0 atom stereocenters. The molecule has 0 aliphatic heterocycles. The van der Waals surface area contributed by atoms with E-state index in [-0.39, 0.29) is 12.3 Å². The Morgan fingerprint density at radius 1 is 1.10 bits per heavy atom. The summed E-state index contributed by atoms with van der Waals surface area (Å²) in [5.74, 6) is 2.79. The van der Waals surface area contributed by atoms with Crippen LogP contribution in [0, 0.1) is 0 Å². The van der Waals surface area contributed by atoms with Crippen molar-refractivity contribution in [3.63, 3.8) is 0 Å². The quantitative estimate of drug-likeness (QED) is 0.616. The number of hydrogen-bond acceptors (Lipinski definition) is 6. The van der Waals surface area contributed by atoms with Crippen LogP contribution in [0.5, 0.6) is 11.5 Å². The van der Waals surface area contributed by atoms with Crippen LogP contribution in [0.1, 0.15) is 43.1 Å². The van der Waals surface area contributed by atoms with Crippen molar-refractivity contribution in [1.29, 1.82) is 0 Å². The lowest BCUT2D eigenvalue weighted by molar-refractivity contribution is -0.115. The zero-order valence-electron chi connectivity index (χ0n) is 17.2. The number of anilines is 1. The summed E-state index contributed by atoms with van der Waals surface area (Å²) in [7, 11) is 3.17. The van der Waals surface area contributed by atoms with Gasteiger partial charge in [0.05, 0.1) is 20.6 Å². The third-order valence-electron chi connectivity index (χ3n) is 5.33. The van der Waals surface area contributed by atoms with Gasteiger partial charge in [0.2, 0.25) is 17.6 Å². The summed E-state index contributed by atoms with van der Waals surface area (Å²) >= 11 is 0. The molecule has 0 unspecified atom stereocenters. The number of nitrogens with zero attached hydrogens (tertiary/aromatic N) is 2. The van der Waals surface area contributed by atoms with Crippen molar-refractivity contribution in [2.75, 3.05) is 19.5 Å². The SMILES string of the molecule is COc1cc(CC(=O)Nc2cccc(-c3noc(C4CCCC4)n3)c2)cc(OC)c1. The van der Waals surface area contributed by atoms with Gasteiger partial charge >= 0.3 is 0 Å². The predicted molar refractivity (Wildman–Crippen MR) is 113 cm³/mol. The molecule has 1 aliphatic rings. The summed E-state index contributed by atoms with van der Waals surface area (Å²) in [6.07, 6.45) is 4.83. The zero-order chi connectivity index (χ0) is 20.9. The fourth-order valence-electron chi connectivity index (χ4n) is 3.79. The Hall–Kier alpha value is -3.35. The molecule has 1 amide bonds. The number of carbonyl (C=O) groups is 1. The molecule has 2 aromatic carbocycles. The van der Waals surface area contributed by atoms with E-state index >= 15 is 0 Å². The fraction of sp³-hybridized carbons (Fsp3) is 0.348. The van der Waals surface area contributed by atoms with Gasteiger partial charge < -0.3 is 19.3 Å². The van der Waals surface area contributed by atoms with Gasteiger partial charge in [-0.15, -0.1) is 0 Å². The van der Waals surface area contributed by atoms with E-state index in [1.165, 1.54) is 12.8 Å². The van der Waals surface area contributed by atoms with Crippen LogP contribution in [0.3, 0.4) is 0 Å². The van der Waals surface area contributed by atoms with Gasteiger partial charge in [-0.25, -0.2) is 0 Å². The van der Waals surface area contributed by atoms with E-state index in [1.54, 1.807) is 20.3 Å². The van der Waals surface area contributed by atoms with E-state index in [0.717, 1.165) is 24.0 Å². The number of rotatable bonds is 7. The molecule has 0 radical (unpaired) electrons. The van der Waals surface area contributed by atoms with E-state index in [2.05, 4.69) is 15.5 Å². The van der Waals surface area contributed by atoms with Gasteiger partial charge in [0.25, 0.3) is 0 Å². The lowest BCUT2D eigenvalue weighted by atomic mass is 10.1. The Kier molecular flexibility index (Phi) is 5.97. The number of aromatic nitrogens is 2. The van der Waals surface area contributed by atoms with E-state index in [9.17, 15) is 4.79 Å². The molecule has 0 spiro atoms. The molecule has 1 aromatic heterocycles. The monoisotopic (exact) mass is 407 g/mol. The maximum Gasteiger partial charge on any atom is 0.230 e. The molecule has 0 saturated heterocycles. The first-order valence-corrected chi connectivity index (χ1v) is 10.1. The highest BCUT2D eigenvalue weighted by molar-refractivity contribution is 5.92. The van der Waals surface area contributed by atoms with Crippen molar-refractivity contribution < 1.29 is 18.8 Å². The molecule has 1 heterocycles. The lowest BCUT2D eigenvalue weighted by Gasteiger charge is -2.09. The molecule has 1 aliphatic carbocycles. The highest BCUT2D eigenvalue weighted by atomic mass is 16.5. The summed E-state index contributed by atoms with van der Waals surface area (Å²) in [5, 5.41) is 7.06. The first kappa shape index (κ1) is 19.9. The Balaban J connectivity index is 1.45. The molecule has 156 valence electrons. The highest BCUT2D eigenvalue weighted by Crippen LogP contribution is 2.34. The largest absolute Gasteiger partial charge is 0.497 e. The van der Waals surface area contributed by atoms with Gasteiger partial charge in [-0.3, -0.25) is 4.79 Å². The number of nitrogens with one attached hydrogen (secondary N) is 1. The first-order valence-electron chi connectivity index (χ1n) is 10.1. The molecule has 1 fully saturated rings.